The average molecular weight is 239 g/mol. The van der Waals surface area contributed by atoms with Crippen molar-refractivity contribution in [1.82, 2.24) is 0 Å². The summed E-state index contributed by atoms with van der Waals surface area (Å²) in [5, 5.41) is 0. The van der Waals surface area contributed by atoms with Gasteiger partial charge in [0.15, 0.2) is 11.5 Å². The highest BCUT2D eigenvalue weighted by atomic mass is 32.2. The highest BCUT2D eigenvalue weighted by molar-refractivity contribution is 7.98. The molecule has 0 aromatic heterocycles. The van der Waals surface area contributed by atoms with E-state index in [9.17, 15) is 0 Å². The van der Waals surface area contributed by atoms with E-state index in [0.717, 1.165) is 17.9 Å². The molecule has 2 N–H and O–H groups in total. The first-order valence-corrected chi connectivity index (χ1v) is 6.67. The summed E-state index contributed by atoms with van der Waals surface area (Å²) in [7, 11) is 0. The molecular weight excluding hydrogens is 222 g/mol. The fourth-order valence-electron chi connectivity index (χ4n) is 1.97. The Morgan fingerprint density at radius 1 is 1.44 bits per heavy atom. The largest absolute Gasteiger partial charge is 0.454 e. The van der Waals surface area contributed by atoms with Crippen LogP contribution in [0.15, 0.2) is 17.0 Å². The predicted molar refractivity (Wildman–Crippen MR) is 66.4 cm³/mol. The van der Waals surface area contributed by atoms with Crippen molar-refractivity contribution in [3.05, 3.63) is 17.7 Å². The van der Waals surface area contributed by atoms with Crippen LogP contribution in [0.25, 0.3) is 0 Å². The Labute approximate surface area is 100 Å². The lowest BCUT2D eigenvalue weighted by molar-refractivity contribution is 0.172. The maximum atomic E-state index is 5.61. The quantitative estimate of drug-likeness (QED) is 0.820. The molecule has 1 atom stereocenters. The van der Waals surface area contributed by atoms with Crippen LogP contribution in [0.3, 0.4) is 0 Å². The van der Waals surface area contributed by atoms with Crippen molar-refractivity contribution in [2.24, 2.45) is 5.73 Å². The number of benzene rings is 1. The minimum Gasteiger partial charge on any atom is -0.454 e. The molecule has 0 bridgehead atoms. The summed E-state index contributed by atoms with van der Waals surface area (Å²) in [4.78, 5) is 1.19. The molecule has 16 heavy (non-hydrogen) atoms. The molecule has 0 amide bonds. The molecule has 3 nitrogen and oxygen atoms in total. The van der Waals surface area contributed by atoms with Crippen LogP contribution >= 0.6 is 11.8 Å². The number of nitrogens with two attached hydrogens (primary N) is 1. The zero-order chi connectivity index (χ0) is 11.5. The first kappa shape index (κ1) is 11.6. The minimum atomic E-state index is 0.331. The summed E-state index contributed by atoms with van der Waals surface area (Å²) in [5.74, 6) is 2.21. The van der Waals surface area contributed by atoms with Crippen molar-refractivity contribution in [2.45, 2.75) is 24.2 Å². The SMILES string of the molecule is CSc1c(C(C)CCN)ccc2c1OCO2. The topological polar surface area (TPSA) is 44.5 Å². The summed E-state index contributed by atoms with van der Waals surface area (Å²) in [5.41, 5.74) is 6.92. The third-order valence-electron chi connectivity index (χ3n) is 2.86. The van der Waals surface area contributed by atoms with E-state index in [0.29, 0.717) is 19.3 Å². The van der Waals surface area contributed by atoms with Gasteiger partial charge < -0.3 is 15.2 Å². The number of thioether (sulfide) groups is 1. The third kappa shape index (κ3) is 1.99. The van der Waals surface area contributed by atoms with Crippen LogP contribution in [0.4, 0.5) is 0 Å². The Morgan fingerprint density at radius 3 is 2.94 bits per heavy atom. The maximum Gasteiger partial charge on any atom is 0.231 e. The van der Waals surface area contributed by atoms with Gasteiger partial charge in [-0.1, -0.05) is 13.0 Å². The highest BCUT2D eigenvalue weighted by Crippen LogP contribution is 2.44. The van der Waals surface area contributed by atoms with E-state index in [4.69, 9.17) is 15.2 Å². The van der Waals surface area contributed by atoms with Gasteiger partial charge in [-0.05, 0) is 36.8 Å². The standard InChI is InChI=1S/C12H17NO2S/c1-8(5-6-13)9-3-4-10-11(12(9)16-2)15-7-14-10/h3-4,8H,5-7,13H2,1-2H3. The van der Waals surface area contributed by atoms with Gasteiger partial charge in [0.05, 0.1) is 4.90 Å². The summed E-state index contributed by atoms with van der Waals surface area (Å²) in [6.45, 7) is 3.24. The molecule has 1 aromatic rings. The van der Waals surface area contributed by atoms with Gasteiger partial charge in [-0.25, -0.2) is 0 Å². The van der Waals surface area contributed by atoms with E-state index in [1.807, 2.05) is 6.07 Å². The molecule has 0 aliphatic carbocycles. The van der Waals surface area contributed by atoms with E-state index in [1.54, 1.807) is 11.8 Å². The second-order valence-corrected chi connectivity index (χ2v) is 4.72. The van der Waals surface area contributed by atoms with Crippen molar-refractivity contribution in [2.75, 3.05) is 19.6 Å². The molecule has 88 valence electrons. The average Bonchev–Trinajstić information content (AvgIpc) is 2.75. The molecule has 1 aliphatic rings. The van der Waals surface area contributed by atoms with Gasteiger partial charge in [-0.2, -0.15) is 0 Å². The fourth-order valence-corrected chi connectivity index (χ4v) is 2.82. The van der Waals surface area contributed by atoms with Gasteiger partial charge in [-0.3, -0.25) is 0 Å². The second kappa shape index (κ2) is 4.97. The molecule has 0 fully saturated rings. The van der Waals surface area contributed by atoms with Gasteiger partial charge in [-0.15, -0.1) is 11.8 Å². The van der Waals surface area contributed by atoms with Gasteiger partial charge in [0.1, 0.15) is 0 Å². The van der Waals surface area contributed by atoms with Crippen LogP contribution in [-0.4, -0.2) is 19.6 Å². The van der Waals surface area contributed by atoms with E-state index in [1.165, 1.54) is 10.5 Å². The second-order valence-electron chi connectivity index (χ2n) is 3.90. The van der Waals surface area contributed by atoms with Gasteiger partial charge in [0.2, 0.25) is 6.79 Å². The maximum absolute atomic E-state index is 5.61. The van der Waals surface area contributed by atoms with Gasteiger partial charge in [0.25, 0.3) is 0 Å². The molecular formula is C12H17NO2S. The van der Waals surface area contributed by atoms with Crippen LogP contribution < -0.4 is 15.2 Å². The monoisotopic (exact) mass is 239 g/mol. The summed E-state index contributed by atoms with van der Waals surface area (Å²) in [6, 6.07) is 4.12. The first-order valence-electron chi connectivity index (χ1n) is 5.44. The Morgan fingerprint density at radius 2 is 2.25 bits per heavy atom. The van der Waals surface area contributed by atoms with E-state index >= 15 is 0 Å². The van der Waals surface area contributed by atoms with Crippen LogP contribution in [0.1, 0.15) is 24.8 Å². The molecule has 0 radical (unpaired) electrons. The molecule has 1 aromatic carbocycles. The summed E-state index contributed by atoms with van der Waals surface area (Å²) >= 11 is 1.71. The zero-order valence-electron chi connectivity index (χ0n) is 9.66. The molecule has 0 saturated heterocycles. The van der Waals surface area contributed by atoms with Crippen LogP contribution in [0.5, 0.6) is 11.5 Å². The molecule has 0 saturated carbocycles. The Balaban J connectivity index is 2.38. The molecule has 0 spiro atoms. The fraction of sp³-hybridized carbons (Fsp3) is 0.500. The van der Waals surface area contributed by atoms with E-state index < -0.39 is 0 Å². The molecule has 4 heteroatoms. The van der Waals surface area contributed by atoms with Crippen molar-refractivity contribution in [3.8, 4) is 11.5 Å². The Bertz CT molecular complexity index is 382. The smallest absolute Gasteiger partial charge is 0.231 e. The summed E-state index contributed by atoms with van der Waals surface area (Å²) in [6.07, 6.45) is 3.06. The highest BCUT2D eigenvalue weighted by Gasteiger charge is 2.22. The number of ether oxygens (including phenoxy) is 2. The van der Waals surface area contributed by atoms with E-state index in [2.05, 4.69) is 19.2 Å². The number of hydrogen-bond donors (Lipinski definition) is 1. The first-order chi connectivity index (χ1) is 7.77. The number of hydrogen-bond acceptors (Lipinski definition) is 4. The molecule has 1 unspecified atom stereocenters. The van der Waals surface area contributed by atoms with Crippen LogP contribution in [0.2, 0.25) is 0 Å². The third-order valence-corrected chi connectivity index (χ3v) is 3.69. The Kier molecular flexibility index (Phi) is 3.61. The molecule has 2 rings (SSSR count). The minimum absolute atomic E-state index is 0.331. The van der Waals surface area contributed by atoms with Crippen molar-refractivity contribution in [1.29, 1.82) is 0 Å². The van der Waals surface area contributed by atoms with Crippen LogP contribution in [0, 0.1) is 0 Å². The van der Waals surface area contributed by atoms with E-state index in [-0.39, 0.29) is 0 Å². The van der Waals surface area contributed by atoms with Gasteiger partial charge in [0, 0.05) is 0 Å². The lowest BCUT2D eigenvalue weighted by atomic mass is 9.97. The normalized spacial score (nSPS) is 15.2. The lowest BCUT2D eigenvalue weighted by Crippen LogP contribution is -2.05. The van der Waals surface area contributed by atoms with Crippen molar-refractivity contribution >= 4 is 11.8 Å². The number of fused-ring (bicyclic) bond motifs is 1. The summed E-state index contributed by atoms with van der Waals surface area (Å²) < 4.78 is 10.9. The van der Waals surface area contributed by atoms with Crippen molar-refractivity contribution < 1.29 is 9.47 Å². The number of rotatable bonds is 4. The molecule has 1 heterocycles. The van der Waals surface area contributed by atoms with Crippen LogP contribution in [-0.2, 0) is 0 Å². The lowest BCUT2D eigenvalue weighted by Gasteiger charge is -2.16. The van der Waals surface area contributed by atoms with Crippen molar-refractivity contribution in [3.63, 3.8) is 0 Å². The predicted octanol–water partition coefficient (Wildman–Crippen LogP) is 2.59. The zero-order valence-corrected chi connectivity index (χ0v) is 10.5. The van der Waals surface area contributed by atoms with Gasteiger partial charge >= 0.3 is 0 Å². The Hall–Kier alpha value is -0.870. The molecule has 1 aliphatic heterocycles.